The van der Waals surface area contributed by atoms with Gasteiger partial charge in [-0.1, -0.05) is 29.7 Å². The first-order valence-corrected chi connectivity index (χ1v) is 3.33. The third-order valence-electron chi connectivity index (χ3n) is 1.64. The summed E-state index contributed by atoms with van der Waals surface area (Å²) in [7, 11) is 5.51. The van der Waals surface area contributed by atoms with Crippen LogP contribution in [0.4, 0.5) is 0 Å². The summed E-state index contributed by atoms with van der Waals surface area (Å²) in [6, 6.07) is 7.81. The average molecular weight is 130 g/mol. The van der Waals surface area contributed by atoms with Gasteiger partial charge in [0.1, 0.15) is 14.0 Å². The maximum atomic E-state index is 5.51. The van der Waals surface area contributed by atoms with E-state index >= 15 is 0 Å². The van der Waals surface area contributed by atoms with Crippen molar-refractivity contribution < 1.29 is 4.74 Å². The van der Waals surface area contributed by atoms with Gasteiger partial charge in [0.15, 0.2) is 0 Å². The van der Waals surface area contributed by atoms with Crippen LogP contribution in [0.3, 0.4) is 0 Å². The lowest BCUT2D eigenvalue weighted by Crippen LogP contribution is -1.99. The smallest absolute Gasteiger partial charge is 0.113 e. The zero-order chi connectivity index (χ0) is 6.97. The topological polar surface area (TPSA) is 12.5 Å². The van der Waals surface area contributed by atoms with Crippen molar-refractivity contribution in [2.75, 3.05) is 6.61 Å². The largest absolute Gasteiger partial charge is 0.368 e. The number of rotatable bonds is 1. The summed E-state index contributed by atoms with van der Waals surface area (Å²) in [6.07, 6.45) is 0.348. The van der Waals surface area contributed by atoms with Crippen molar-refractivity contribution in [1.82, 2.24) is 0 Å². The Morgan fingerprint density at radius 1 is 1.30 bits per heavy atom. The molecule has 1 atom stereocenters. The van der Waals surface area contributed by atoms with Gasteiger partial charge in [0.2, 0.25) is 0 Å². The first-order valence-electron chi connectivity index (χ1n) is 3.33. The minimum absolute atomic E-state index is 0.348. The van der Waals surface area contributed by atoms with E-state index in [0.29, 0.717) is 6.10 Å². The van der Waals surface area contributed by atoms with Gasteiger partial charge in [-0.25, -0.2) is 0 Å². The van der Waals surface area contributed by atoms with E-state index < -0.39 is 0 Å². The molecule has 2 heteroatoms. The predicted molar refractivity (Wildman–Crippen MR) is 40.5 cm³/mol. The van der Waals surface area contributed by atoms with Crippen LogP contribution in [0, 0.1) is 0 Å². The summed E-state index contributed by atoms with van der Waals surface area (Å²) in [5.74, 6) is 0. The normalized spacial score (nSPS) is 22.6. The van der Waals surface area contributed by atoms with Crippen LogP contribution in [0.1, 0.15) is 11.7 Å². The fourth-order valence-corrected chi connectivity index (χ4v) is 0.951. The third kappa shape index (κ3) is 1.07. The summed E-state index contributed by atoms with van der Waals surface area (Å²) in [4.78, 5) is 0. The molecule has 2 rings (SSSR count). The van der Waals surface area contributed by atoms with Gasteiger partial charge in [-0.3, -0.25) is 0 Å². The van der Waals surface area contributed by atoms with E-state index in [0.717, 1.165) is 12.1 Å². The Balaban J connectivity index is 2.28. The molecule has 1 aromatic carbocycles. The number of epoxide rings is 1. The lowest BCUT2D eigenvalue weighted by molar-refractivity contribution is 0.415. The molecule has 48 valence electrons. The van der Waals surface area contributed by atoms with Crippen LogP contribution in [0.15, 0.2) is 24.3 Å². The second-order valence-electron chi connectivity index (χ2n) is 2.49. The minimum atomic E-state index is 0.348. The van der Waals surface area contributed by atoms with E-state index in [-0.39, 0.29) is 0 Å². The lowest BCUT2D eigenvalue weighted by Gasteiger charge is -1.94. The maximum Gasteiger partial charge on any atom is 0.113 e. The summed E-state index contributed by atoms with van der Waals surface area (Å²) >= 11 is 0. The molecule has 0 bridgehead atoms. The molecule has 1 saturated heterocycles. The molecule has 10 heavy (non-hydrogen) atoms. The van der Waals surface area contributed by atoms with Crippen molar-refractivity contribution in [2.45, 2.75) is 6.10 Å². The molecular formula is C8H7BO. The molecule has 0 aliphatic carbocycles. The van der Waals surface area contributed by atoms with Gasteiger partial charge in [-0.2, -0.15) is 0 Å². The molecule has 1 aliphatic heterocycles. The van der Waals surface area contributed by atoms with Crippen molar-refractivity contribution in [2.24, 2.45) is 0 Å². The number of hydrogen-bond donors (Lipinski definition) is 0. The second-order valence-corrected chi connectivity index (χ2v) is 2.49. The van der Waals surface area contributed by atoms with Crippen LogP contribution in [-0.2, 0) is 4.74 Å². The van der Waals surface area contributed by atoms with Gasteiger partial charge in [-0.05, 0) is 5.56 Å². The summed E-state index contributed by atoms with van der Waals surface area (Å²) in [5.41, 5.74) is 2.04. The van der Waals surface area contributed by atoms with Gasteiger partial charge >= 0.3 is 0 Å². The highest BCUT2D eigenvalue weighted by atomic mass is 16.6. The minimum Gasteiger partial charge on any atom is -0.368 e. The van der Waals surface area contributed by atoms with Crippen LogP contribution < -0.4 is 5.46 Å². The monoisotopic (exact) mass is 130 g/mol. The Labute approximate surface area is 61.4 Å². The van der Waals surface area contributed by atoms with Crippen LogP contribution in [0.5, 0.6) is 0 Å². The Kier molecular flexibility index (Phi) is 1.28. The molecule has 1 aliphatic rings. The molecule has 0 amide bonds. The van der Waals surface area contributed by atoms with E-state index in [4.69, 9.17) is 12.6 Å². The van der Waals surface area contributed by atoms with Gasteiger partial charge in [0.05, 0.1) is 6.61 Å². The molecule has 2 radical (unpaired) electrons. The number of ether oxygens (including phenoxy) is 1. The highest BCUT2D eigenvalue weighted by Gasteiger charge is 2.23. The lowest BCUT2D eigenvalue weighted by atomic mass is 9.95. The quantitative estimate of drug-likeness (QED) is 0.399. The number of hydrogen-bond acceptors (Lipinski definition) is 1. The fourth-order valence-electron chi connectivity index (χ4n) is 0.951. The first-order chi connectivity index (χ1) is 4.86. The number of benzene rings is 1. The summed E-state index contributed by atoms with van der Waals surface area (Å²) in [5, 5.41) is 0. The van der Waals surface area contributed by atoms with Gasteiger partial charge in [-0.15, -0.1) is 0 Å². The van der Waals surface area contributed by atoms with Gasteiger partial charge in [0.25, 0.3) is 0 Å². The van der Waals surface area contributed by atoms with E-state index in [1.54, 1.807) is 0 Å². The van der Waals surface area contributed by atoms with Crippen molar-refractivity contribution in [1.29, 1.82) is 0 Å². The van der Waals surface area contributed by atoms with Crippen LogP contribution in [0.2, 0.25) is 0 Å². The van der Waals surface area contributed by atoms with Crippen LogP contribution >= 0.6 is 0 Å². The molecule has 1 heterocycles. The standard InChI is InChI=1S/C8H7BO/c9-7-3-1-6(2-4-7)8-5-10-8/h1-4,8H,5H2/t8-/m1/s1. The molecule has 0 aromatic heterocycles. The van der Waals surface area contributed by atoms with Crippen molar-refractivity contribution in [3.8, 4) is 0 Å². The third-order valence-corrected chi connectivity index (χ3v) is 1.64. The molecular weight excluding hydrogens is 123 g/mol. The Bertz CT molecular complexity index is 226. The van der Waals surface area contributed by atoms with Gasteiger partial charge in [0, 0.05) is 0 Å². The Morgan fingerprint density at radius 2 is 1.90 bits per heavy atom. The Hall–Kier alpha value is -0.755. The first kappa shape index (κ1) is 5.99. The molecule has 0 unspecified atom stereocenters. The molecule has 0 saturated carbocycles. The van der Waals surface area contributed by atoms with Gasteiger partial charge < -0.3 is 4.74 Å². The predicted octanol–water partition coefficient (Wildman–Crippen LogP) is 0.552. The van der Waals surface area contributed by atoms with Crippen molar-refractivity contribution in [3.63, 3.8) is 0 Å². The highest BCUT2D eigenvalue weighted by Crippen LogP contribution is 2.28. The fraction of sp³-hybridized carbons (Fsp3) is 0.250. The van der Waals surface area contributed by atoms with E-state index in [2.05, 4.69) is 0 Å². The summed E-state index contributed by atoms with van der Waals surface area (Å²) in [6.45, 7) is 0.865. The molecule has 0 N–H and O–H groups in total. The summed E-state index contributed by atoms with van der Waals surface area (Å²) < 4.78 is 5.09. The molecule has 0 spiro atoms. The Morgan fingerprint density at radius 3 is 2.40 bits per heavy atom. The highest BCUT2D eigenvalue weighted by molar-refractivity contribution is 6.32. The maximum absolute atomic E-state index is 5.51. The van der Waals surface area contributed by atoms with Crippen molar-refractivity contribution >= 4 is 13.3 Å². The van der Waals surface area contributed by atoms with Crippen LogP contribution in [0.25, 0.3) is 0 Å². The average Bonchev–Trinajstić information content (AvgIpc) is 2.71. The SMILES string of the molecule is [B]c1ccc([C@H]2CO2)cc1. The zero-order valence-electron chi connectivity index (χ0n) is 5.58. The van der Waals surface area contributed by atoms with Crippen molar-refractivity contribution in [3.05, 3.63) is 29.8 Å². The molecule has 1 nitrogen and oxygen atoms in total. The van der Waals surface area contributed by atoms with Crippen LogP contribution in [-0.4, -0.2) is 14.5 Å². The zero-order valence-corrected chi connectivity index (χ0v) is 5.58. The van der Waals surface area contributed by atoms with E-state index in [1.807, 2.05) is 24.3 Å². The second kappa shape index (κ2) is 2.13. The molecule has 1 aromatic rings. The van der Waals surface area contributed by atoms with E-state index in [9.17, 15) is 0 Å². The van der Waals surface area contributed by atoms with E-state index in [1.165, 1.54) is 5.56 Å². The molecule has 1 fully saturated rings.